The predicted molar refractivity (Wildman–Crippen MR) is 147 cm³/mol. The number of sulfone groups is 1. The molecular weight excluding hydrogens is 490 g/mol. The zero-order valence-corrected chi connectivity index (χ0v) is 23.3. The number of hydrogen-bond acceptors (Lipinski definition) is 7. The van der Waals surface area contributed by atoms with E-state index < -0.39 is 27.3 Å². The van der Waals surface area contributed by atoms with E-state index in [1.807, 2.05) is 31.2 Å². The molecule has 8 heteroatoms. The average molecular weight is 534 g/mol. The van der Waals surface area contributed by atoms with Gasteiger partial charge in [0.15, 0.2) is 9.84 Å². The molecule has 1 aliphatic heterocycles. The van der Waals surface area contributed by atoms with Gasteiger partial charge in [-0.3, -0.25) is 0 Å². The number of anilines is 1. The van der Waals surface area contributed by atoms with Crippen LogP contribution in [0.2, 0.25) is 0 Å². The van der Waals surface area contributed by atoms with E-state index in [2.05, 4.69) is 13.8 Å². The van der Waals surface area contributed by atoms with Crippen LogP contribution >= 0.6 is 0 Å². The molecule has 206 valence electrons. The Bertz CT molecular complexity index is 1090. The Morgan fingerprint density at radius 1 is 0.946 bits per heavy atom. The molecule has 3 rings (SSSR count). The van der Waals surface area contributed by atoms with Gasteiger partial charge >= 0.3 is 0 Å². The topological polar surface area (TPSA) is 108 Å². The number of benzene rings is 2. The molecule has 3 atom stereocenters. The first-order valence-electron chi connectivity index (χ1n) is 13.5. The summed E-state index contributed by atoms with van der Waals surface area (Å²) >= 11 is 0. The van der Waals surface area contributed by atoms with Crippen LogP contribution in [0.4, 0.5) is 5.69 Å². The number of nitrogens with two attached hydrogens (primary N) is 1. The average Bonchev–Trinajstić information content (AvgIpc) is 2.95. The van der Waals surface area contributed by atoms with Crippen molar-refractivity contribution in [2.45, 2.75) is 69.8 Å². The second-order valence-electron chi connectivity index (χ2n) is 9.94. The van der Waals surface area contributed by atoms with Crippen molar-refractivity contribution in [3.63, 3.8) is 0 Å². The van der Waals surface area contributed by atoms with Crippen LogP contribution in [0, 0.1) is 5.41 Å². The lowest BCUT2D eigenvalue weighted by molar-refractivity contribution is 0.0174. The van der Waals surface area contributed by atoms with Gasteiger partial charge in [0.1, 0.15) is 12.4 Å². The Labute approximate surface area is 222 Å². The van der Waals surface area contributed by atoms with Crippen LogP contribution in [0.15, 0.2) is 47.4 Å². The molecule has 0 amide bonds. The molecule has 1 heterocycles. The van der Waals surface area contributed by atoms with Gasteiger partial charge in [-0.25, -0.2) is 8.42 Å². The highest BCUT2D eigenvalue weighted by Gasteiger charge is 2.48. The van der Waals surface area contributed by atoms with Crippen molar-refractivity contribution in [2.24, 2.45) is 5.41 Å². The first-order valence-corrected chi connectivity index (χ1v) is 15.1. The second-order valence-corrected chi connectivity index (χ2v) is 11.9. The highest BCUT2D eigenvalue weighted by Crippen LogP contribution is 2.49. The van der Waals surface area contributed by atoms with Crippen LogP contribution in [-0.2, 0) is 19.3 Å². The molecular formula is C29H43NO6S. The third-order valence-corrected chi connectivity index (χ3v) is 9.31. The Kier molecular flexibility index (Phi) is 10.8. The van der Waals surface area contributed by atoms with E-state index >= 15 is 0 Å². The number of ether oxygens (including phenoxy) is 3. The molecule has 2 aromatic carbocycles. The van der Waals surface area contributed by atoms with E-state index in [9.17, 15) is 13.5 Å². The van der Waals surface area contributed by atoms with Gasteiger partial charge in [0.05, 0.1) is 36.6 Å². The number of hydrogen-bond donors (Lipinski definition) is 2. The molecule has 0 saturated heterocycles. The maximum absolute atomic E-state index is 13.6. The Hall–Kier alpha value is -2.13. The first-order chi connectivity index (χ1) is 17.8. The van der Waals surface area contributed by atoms with Crippen molar-refractivity contribution in [3.05, 3.63) is 53.6 Å². The van der Waals surface area contributed by atoms with Crippen molar-refractivity contribution in [1.29, 1.82) is 0 Å². The van der Waals surface area contributed by atoms with E-state index in [-0.39, 0.29) is 10.6 Å². The normalized spacial score (nSPS) is 22.8. The molecule has 0 bridgehead atoms. The molecule has 1 aliphatic rings. The molecule has 7 nitrogen and oxygen atoms in total. The summed E-state index contributed by atoms with van der Waals surface area (Å²) in [4.78, 5) is 0.262. The number of unbranched alkanes of at least 4 members (excludes halogenated alkanes) is 1. The third-order valence-electron chi connectivity index (χ3n) is 7.31. The van der Waals surface area contributed by atoms with E-state index in [0.29, 0.717) is 56.3 Å². The number of aliphatic hydroxyl groups excluding tert-OH is 1. The number of nitrogen functional groups attached to an aromatic ring is 1. The van der Waals surface area contributed by atoms with Gasteiger partial charge < -0.3 is 25.1 Å². The molecule has 0 saturated carbocycles. The zero-order valence-electron chi connectivity index (χ0n) is 22.4. The van der Waals surface area contributed by atoms with Crippen LogP contribution in [0.3, 0.4) is 0 Å². The summed E-state index contributed by atoms with van der Waals surface area (Å²) in [7, 11) is -3.62. The van der Waals surface area contributed by atoms with Crippen LogP contribution in [0.1, 0.15) is 69.9 Å². The first kappa shape index (κ1) is 29.4. The van der Waals surface area contributed by atoms with Crippen molar-refractivity contribution in [2.75, 3.05) is 44.5 Å². The van der Waals surface area contributed by atoms with E-state index in [0.717, 1.165) is 31.4 Å². The highest BCUT2D eigenvalue weighted by molar-refractivity contribution is 7.91. The second kappa shape index (κ2) is 13.6. The predicted octanol–water partition coefficient (Wildman–Crippen LogP) is 4.96. The SMILES string of the molecule is CCCC[C@]1(CC)CS(=O)(=O)c2ccc(N)cc2[C@@H](c2ccc(OCCOCCOCCC)cc2)[C@H]1O. The fourth-order valence-corrected chi connectivity index (χ4v) is 7.47. The molecule has 0 aliphatic carbocycles. The minimum Gasteiger partial charge on any atom is -0.491 e. The fourth-order valence-electron chi connectivity index (χ4n) is 5.21. The standard InChI is InChI=1S/C29H43NO6S/c1-4-7-14-29(6-3)21-37(32,33)26-13-10-23(30)20-25(26)27(28(29)31)22-8-11-24(12-9-22)36-19-18-35-17-16-34-15-5-2/h8-13,20,27-28,31H,4-7,14-19,21,30H2,1-3H3/t27-,28-,29-/m1/s1. The van der Waals surface area contributed by atoms with Crippen molar-refractivity contribution >= 4 is 15.5 Å². The monoisotopic (exact) mass is 533 g/mol. The molecule has 3 N–H and O–H groups in total. The minimum atomic E-state index is -3.62. The molecule has 0 fully saturated rings. The van der Waals surface area contributed by atoms with Crippen LogP contribution < -0.4 is 10.5 Å². The van der Waals surface area contributed by atoms with E-state index in [1.54, 1.807) is 18.2 Å². The summed E-state index contributed by atoms with van der Waals surface area (Å²) in [5.41, 5.74) is 7.23. The smallest absolute Gasteiger partial charge is 0.179 e. The van der Waals surface area contributed by atoms with Crippen molar-refractivity contribution in [3.8, 4) is 5.75 Å². The maximum Gasteiger partial charge on any atom is 0.179 e. The number of aliphatic hydroxyl groups is 1. The Morgan fingerprint density at radius 2 is 1.62 bits per heavy atom. The zero-order chi connectivity index (χ0) is 26.9. The van der Waals surface area contributed by atoms with Gasteiger partial charge in [0.25, 0.3) is 0 Å². The number of rotatable bonds is 14. The fraction of sp³-hybridized carbons (Fsp3) is 0.586. The van der Waals surface area contributed by atoms with E-state index in [4.69, 9.17) is 19.9 Å². The molecule has 0 spiro atoms. The van der Waals surface area contributed by atoms with Crippen molar-refractivity contribution < 1.29 is 27.7 Å². The third kappa shape index (κ3) is 7.25. The lowest BCUT2D eigenvalue weighted by Gasteiger charge is -2.39. The molecule has 0 unspecified atom stereocenters. The number of fused-ring (bicyclic) bond motifs is 1. The lowest BCUT2D eigenvalue weighted by atomic mass is 9.69. The Balaban J connectivity index is 1.84. The van der Waals surface area contributed by atoms with Crippen LogP contribution in [-0.4, -0.2) is 58.4 Å². The molecule has 37 heavy (non-hydrogen) atoms. The summed E-state index contributed by atoms with van der Waals surface area (Å²) in [6.45, 7) is 8.84. The summed E-state index contributed by atoms with van der Waals surface area (Å²) in [6, 6.07) is 12.5. The van der Waals surface area contributed by atoms with E-state index in [1.165, 1.54) is 0 Å². The highest BCUT2D eigenvalue weighted by atomic mass is 32.2. The molecule has 0 radical (unpaired) electrons. The van der Waals surface area contributed by atoms with Gasteiger partial charge in [0, 0.05) is 23.6 Å². The Morgan fingerprint density at radius 3 is 2.27 bits per heavy atom. The van der Waals surface area contributed by atoms with Gasteiger partial charge in [-0.1, -0.05) is 45.7 Å². The lowest BCUT2D eigenvalue weighted by Crippen LogP contribution is -2.42. The van der Waals surface area contributed by atoms with Crippen LogP contribution in [0.5, 0.6) is 5.75 Å². The quantitative estimate of drug-likeness (QED) is 0.261. The van der Waals surface area contributed by atoms with Gasteiger partial charge in [-0.15, -0.1) is 0 Å². The van der Waals surface area contributed by atoms with Gasteiger partial charge in [-0.2, -0.15) is 0 Å². The largest absolute Gasteiger partial charge is 0.491 e. The van der Waals surface area contributed by atoms with Crippen LogP contribution in [0.25, 0.3) is 0 Å². The summed E-state index contributed by atoms with van der Waals surface area (Å²) in [5, 5.41) is 11.9. The van der Waals surface area contributed by atoms with Gasteiger partial charge in [-0.05, 0) is 60.7 Å². The van der Waals surface area contributed by atoms with Gasteiger partial charge in [0.2, 0.25) is 0 Å². The minimum absolute atomic E-state index is 0.0736. The molecule has 2 aromatic rings. The summed E-state index contributed by atoms with van der Waals surface area (Å²) in [5.74, 6) is 0.0920. The summed E-state index contributed by atoms with van der Waals surface area (Å²) in [6.07, 6.45) is 3.11. The summed E-state index contributed by atoms with van der Waals surface area (Å²) < 4.78 is 43.9. The van der Waals surface area contributed by atoms with Crippen molar-refractivity contribution in [1.82, 2.24) is 0 Å². The molecule has 0 aromatic heterocycles. The maximum atomic E-state index is 13.6.